The van der Waals surface area contributed by atoms with E-state index in [-0.39, 0.29) is 12.2 Å². The highest BCUT2D eigenvalue weighted by molar-refractivity contribution is 6.00. The summed E-state index contributed by atoms with van der Waals surface area (Å²) in [6.45, 7) is 7.71. The van der Waals surface area contributed by atoms with Crippen LogP contribution in [0.25, 0.3) is 10.9 Å². The van der Waals surface area contributed by atoms with Gasteiger partial charge >= 0.3 is 5.97 Å². The zero-order valence-electron chi connectivity index (χ0n) is 15.1. The Kier molecular flexibility index (Phi) is 5.85. The molecule has 1 aromatic carbocycles. The molecule has 0 amide bonds. The summed E-state index contributed by atoms with van der Waals surface area (Å²) in [4.78, 5) is 24.8. The Hall–Kier alpha value is -2.34. The molecule has 6 heteroatoms. The van der Waals surface area contributed by atoms with E-state index in [1.165, 1.54) is 4.57 Å². The first-order chi connectivity index (χ1) is 11.9. The first-order valence-corrected chi connectivity index (χ1v) is 8.62. The van der Waals surface area contributed by atoms with Gasteiger partial charge in [-0.25, -0.2) is 4.79 Å². The minimum Gasteiger partial charge on any atom is -0.506 e. The van der Waals surface area contributed by atoms with E-state index in [0.717, 1.165) is 12.0 Å². The summed E-state index contributed by atoms with van der Waals surface area (Å²) in [7, 11) is 0. The van der Waals surface area contributed by atoms with Gasteiger partial charge in [0.05, 0.1) is 18.2 Å². The van der Waals surface area contributed by atoms with Gasteiger partial charge in [0.2, 0.25) is 0 Å². The van der Waals surface area contributed by atoms with Gasteiger partial charge in [-0.1, -0.05) is 13.3 Å². The number of carbonyl (C=O) groups excluding carboxylic acids is 1. The number of aromatic nitrogens is 1. The van der Waals surface area contributed by atoms with Crippen molar-refractivity contribution in [2.45, 2.75) is 53.2 Å². The molecule has 1 atom stereocenters. The lowest BCUT2D eigenvalue weighted by Crippen LogP contribution is -2.27. The van der Waals surface area contributed by atoms with Crippen LogP contribution in [-0.4, -0.2) is 27.4 Å². The molecule has 0 aliphatic carbocycles. The van der Waals surface area contributed by atoms with Crippen LogP contribution in [0, 0.1) is 6.92 Å². The normalized spacial score (nSPS) is 12.4. The summed E-state index contributed by atoms with van der Waals surface area (Å²) in [5.41, 5.74) is 1.10. The quantitative estimate of drug-likeness (QED) is 0.784. The highest BCUT2D eigenvalue weighted by Gasteiger charge is 2.24. The molecule has 1 unspecified atom stereocenters. The average molecular weight is 347 g/mol. The molecule has 2 aromatic rings. The van der Waals surface area contributed by atoms with Crippen molar-refractivity contribution in [3.8, 4) is 5.75 Å². The molecule has 25 heavy (non-hydrogen) atoms. The Balaban J connectivity index is 2.84. The van der Waals surface area contributed by atoms with Crippen LogP contribution in [0.15, 0.2) is 16.9 Å². The van der Waals surface area contributed by atoms with Crippen LogP contribution in [0.1, 0.15) is 61.2 Å². The lowest BCUT2D eigenvalue weighted by atomic mass is 9.96. The van der Waals surface area contributed by atoms with E-state index in [1.54, 1.807) is 26.0 Å². The fraction of sp³-hybridized carbons (Fsp3) is 0.474. The molecular formula is C19H25NO5. The molecule has 0 saturated heterocycles. The summed E-state index contributed by atoms with van der Waals surface area (Å²) in [6, 6.07) is 3.43. The van der Waals surface area contributed by atoms with Crippen molar-refractivity contribution in [3.63, 3.8) is 0 Å². The van der Waals surface area contributed by atoms with Gasteiger partial charge in [-0.15, -0.1) is 0 Å². The third-order valence-electron chi connectivity index (χ3n) is 4.34. The fourth-order valence-corrected chi connectivity index (χ4v) is 3.09. The lowest BCUT2D eigenvalue weighted by molar-refractivity contribution is 0.0520. The minimum atomic E-state index is -0.842. The zero-order chi connectivity index (χ0) is 18.7. The Morgan fingerprint density at radius 3 is 2.52 bits per heavy atom. The van der Waals surface area contributed by atoms with Crippen LogP contribution in [0.3, 0.4) is 0 Å². The number of hydrogen-bond acceptors (Lipinski definition) is 5. The Bertz CT molecular complexity index is 853. The predicted molar refractivity (Wildman–Crippen MR) is 96.1 cm³/mol. The predicted octanol–water partition coefficient (Wildman–Crippen LogP) is 3.05. The van der Waals surface area contributed by atoms with Crippen molar-refractivity contribution < 1.29 is 19.7 Å². The van der Waals surface area contributed by atoms with Crippen molar-refractivity contribution in [3.05, 3.63) is 39.2 Å². The van der Waals surface area contributed by atoms with Crippen LogP contribution in [-0.2, 0) is 11.3 Å². The molecule has 136 valence electrons. The van der Waals surface area contributed by atoms with E-state index < -0.39 is 23.4 Å². The van der Waals surface area contributed by atoms with E-state index >= 15 is 0 Å². The molecule has 1 aromatic heterocycles. The number of fused-ring (bicyclic) bond motifs is 1. The minimum absolute atomic E-state index is 0.107. The second-order valence-corrected chi connectivity index (χ2v) is 6.02. The number of benzene rings is 1. The number of aliphatic hydroxyl groups excluding tert-OH is 1. The van der Waals surface area contributed by atoms with Crippen molar-refractivity contribution >= 4 is 16.9 Å². The van der Waals surface area contributed by atoms with Crippen LogP contribution in [0.2, 0.25) is 0 Å². The third-order valence-corrected chi connectivity index (χ3v) is 4.34. The molecule has 0 aliphatic heterocycles. The summed E-state index contributed by atoms with van der Waals surface area (Å²) >= 11 is 0. The summed E-state index contributed by atoms with van der Waals surface area (Å²) in [5, 5.41) is 21.3. The van der Waals surface area contributed by atoms with Gasteiger partial charge in [-0.2, -0.15) is 0 Å². The molecule has 2 rings (SSSR count). The fourth-order valence-electron chi connectivity index (χ4n) is 3.09. The number of esters is 1. The molecule has 2 N–H and O–H groups in total. The molecule has 0 spiro atoms. The van der Waals surface area contributed by atoms with Gasteiger partial charge in [0.15, 0.2) is 5.56 Å². The van der Waals surface area contributed by atoms with Gasteiger partial charge < -0.3 is 19.5 Å². The standard InChI is InChI=1S/C19H25NO5/c1-5-8-15(21)12-10-13-14(9-11(12)4)20(6-2)18(23)16(17(13)22)19(24)25-7-3/h9-10,15,21-22H,5-8H2,1-4H3. The summed E-state index contributed by atoms with van der Waals surface area (Å²) < 4.78 is 6.35. The SMILES string of the molecule is CCCC(O)c1cc2c(O)c(C(=O)OCC)c(=O)n(CC)c2cc1C. The largest absolute Gasteiger partial charge is 0.506 e. The van der Waals surface area contributed by atoms with Crippen molar-refractivity contribution in [1.82, 2.24) is 4.57 Å². The zero-order valence-corrected chi connectivity index (χ0v) is 15.1. The van der Waals surface area contributed by atoms with Crippen LogP contribution < -0.4 is 5.56 Å². The Morgan fingerprint density at radius 1 is 1.28 bits per heavy atom. The maximum absolute atomic E-state index is 12.6. The molecular weight excluding hydrogens is 322 g/mol. The van der Waals surface area contributed by atoms with Crippen LogP contribution in [0.4, 0.5) is 0 Å². The topological polar surface area (TPSA) is 88.8 Å². The molecule has 0 bridgehead atoms. The number of aliphatic hydroxyl groups is 1. The smallest absolute Gasteiger partial charge is 0.347 e. The highest BCUT2D eigenvalue weighted by atomic mass is 16.5. The summed E-state index contributed by atoms with van der Waals surface area (Å²) in [6.07, 6.45) is 0.736. The first-order valence-electron chi connectivity index (χ1n) is 8.62. The maximum Gasteiger partial charge on any atom is 0.347 e. The number of aromatic hydroxyl groups is 1. The van der Waals surface area contributed by atoms with Crippen molar-refractivity contribution in [1.29, 1.82) is 0 Å². The third kappa shape index (κ3) is 3.39. The molecule has 0 saturated carbocycles. The molecule has 6 nitrogen and oxygen atoms in total. The van der Waals surface area contributed by atoms with Crippen molar-refractivity contribution in [2.75, 3.05) is 6.61 Å². The van der Waals surface area contributed by atoms with Crippen LogP contribution in [0.5, 0.6) is 5.75 Å². The number of nitrogens with zero attached hydrogens (tertiary/aromatic N) is 1. The molecule has 1 heterocycles. The number of aryl methyl sites for hydroxylation is 2. The van der Waals surface area contributed by atoms with Gasteiger partial charge in [0, 0.05) is 11.9 Å². The Morgan fingerprint density at radius 2 is 1.96 bits per heavy atom. The van der Waals surface area contributed by atoms with Crippen LogP contribution >= 0.6 is 0 Å². The van der Waals surface area contributed by atoms with Crippen molar-refractivity contribution in [2.24, 2.45) is 0 Å². The van der Waals surface area contributed by atoms with E-state index in [2.05, 4.69) is 0 Å². The highest BCUT2D eigenvalue weighted by Crippen LogP contribution is 2.32. The number of carbonyl (C=O) groups is 1. The monoisotopic (exact) mass is 347 g/mol. The van der Waals surface area contributed by atoms with E-state index in [0.29, 0.717) is 29.4 Å². The van der Waals surface area contributed by atoms with Gasteiger partial charge in [0.1, 0.15) is 5.75 Å². The molecule has 0 radical (unpaired) electrons. The second kappa shape index (κ2) is 7.70. The molecule has 0 aliphatic rings. The number of rotatable bonds is 6. The first kappa shape index (κ1) is 19.0. The summed E-state index contributed by atoms with van der Waals surface area (Å²) in [5.74, 6) is -1.24. The second-order valence-electron chi connectivity index (χ2n) is 6.02. The molecule has 0 fully saturated rings. The van der Waals surface area contributed by atoms with E-state index in [1.807, 2.05) is 13.8 Å². The average Bonchev–Trinajstić information content (AvgIpc) is 2.55. The van der Waals surface area contributed by atoms with Gasteiger partial charge in [-0.05, 0) is 50.5 Å². The van der Waals surface area contributed by atoms with Gasteiger partial charge in [0.25, 0.3) is 5.56 Å². The number of hydrogen-bond donors (Lipinski definition) is 2. The lowest BCUT2D eigenvalue weighted by Gasteiger charge is -2.18. The van der Waals surface area contributed by atoms with E-state index in [9.17, 15) is 19.8 Å². The maximum atomic E-state index is 12.6. The number of pyridine rings is 1. The number of ether oxygens (including phenoxy) is 1. The van der Waals surface area contributed by atoms with Gasteiger partial charge in [-0.3, -0.25) is 4.79 Å². The Labute approximate surface area is 146 Å². The van der Waals surface area contributed by atoms with E-state index in [4.69, 9.17) is 4.74 Å².